The van der Waals surface area contributed by atoms with Crippen LogP contribution in [-0.2, 0) is 13.2 Å². The first-order chi connectivity index (χ1) is 15.3. The molecule has 0 unspecified atom stereocenters. The van der Waals surface area contributed by atoms with Crippen molar-refractivity contribution in [3.05, 3.63) is 73.0 Å². The Morgan fingerprint density at radius 1 is 1.18 bits per heavy atom. The predicted molar refractivity (Wildman–Crippen MR) is 118 cm³/mol. The second kappa shape index (κ2) is 8.85. The summed E-state index contributed by atoms with van der Waals surface area (Å²) in [6, 6.07) is 7.32. The van der Waals surface area contributed by atoms with E-state index >= 15 is 0 Å². The van der Waals surface area contributed by atoms with Crippen LogP contribution < -0.4 is 10.1 Å². The molecule has 1 amide bonds. The average Bonchev–Trinajstić information content (AvgIpc) is 2.99. The summed E-state index contributed by atoms with van der Waals surface area (Å²) in [5.74, 6) is -0.432. The van der Waals surface area contributed by atoms with E-state index in [2.05, 4.69) is 26.3 Å². The fourth-order valence-electron chi connectivity index (χ4n) is 3.20. The number of non-ortho nitro benzene ring substituents is 1. The smallest absolute Gasteiger partial charge is 0.434 e. The Bertz CT molecular complexity index is 1270. The van der Waals surface area contributed by atoms with Gasteiger partial charge in [-0.2, -0.15) is 18.3 Å². The summed E-state index contributed by atoms with van der Waals surface area (Å²) in [6.45, 7) is 5.60. The third kappa shape index (κ3) is 5.16. The molecule has 3 aromatic rings. The summed E-state index contributed by atoms with van der Waals surface area (Å²) in [5, 5.41) is 17.4. The van der Waals surface area contributed by atoms with Crippen molar-refractivity contribution in [2.24, 2.45) is 7.05 Å². The molecule has 174 valence electrons. The first-order valence-electron chi connectivity index (χ1n) is 9.44. The normalized spacial score (nSPS) is 11.4. The Balaban J connectivity index is 1.97. The lowest BCUT2D eigenvalue weighted by Gasteiger charge is -2.13. The monoisotopic (exact) mass is 526 g/mol. The van der Waals surface area contributed by atoms with Crippen LogP contribution in [0.4, 0.5) is 24.5 Å². The number of benzene rings is 2. The molecular formula is C21H18BrF3N4O4. The maximum absolute atomic E-state index is 13.2. The van der Waals surface area contributed by atoms with Crippen LogP contribution in [0.5, 0.6) is 11.5 Å². The number of aromatic nitrogens is 2. The molecule has 0 aliphatic rings. The van der Waals surface area contributed by atoms with Gasteiger partial charge in [-0.3, -0.25) is 19.6 Å². The van der Waals surface area contributed by atoms with Crippen molar-refractivity contribution in [1.82, 2.24) is 9.78 Å². The fourth-order valence-corrected chi connectivity index (χ4v) is 3.94. The molecule has 0 fully saturated rings. The van der Waals surface area contributed by atoms with Crippen LogP contribution in [0.2, 0.25) is 0 Å². The van der Waals surface area contributed by atoms with Gasteiger partial charge in [-0.15, -0.1) is 0 Å². The quantitative estimate of drug-likeness (QED) is 0.320. The third-order valence-corrected chi connectivity index (χ3v) is 5.58. The summed E-state index contributed by atoms with van der Waals surface area (Å²) in [7, 11) is 1.05. The number of halogens is 4. The van der Waals surface area contributed by atoms with Gasteiger partial charge in [0, 0.05) is 19.2 Å². The van der Waals surface area contributed by atoms with Crippen molar-refractivity contribution < 1.29 is 27.6 Å². The molecule has 33 heavy (non-hydrogen) atoms. The molecule has 0 saturated heterocycles. The third-order valence-electron chi connectivity index (χ3n) is 4.82. The molecule has 0 bridgehead atoms. The SMILES string of the molecule is Cc1cc(C)c(C)c(Oc2cc(NC(=O)c3nn(C)c(C(F)(F)F)c3Br)cc([N+](=O)[O-])c2)c1. The number of alkyl halides is 3. The van der Waals surface area contributed by atoms with Crippen LogP contribution in [0.3, 0.4) is 0 Å². The second-order valence-corrected chi connectivity index (χ2v) is 8.16. The van der Waals surface area contributed by atoms with Gasteiger partial charge in [0.1, 0.15) is 11.5 Å². The fraction of sp³-hybridized carbons (Fsp3) is 0.238. The maximum atomic E-state index is 13.2. The lowest BCUT2D eigenvalue weighted by atomic mass is 10.1. The Hall–Kier alpha value is -3.41. The topological polar surface area (TPSA) is 99.3 Å². The highest BCUT2D eigenvalue weighted by Crippen LogP contribution is 2.37. The number of nitrogens with one attached hydrogen (secondary N) is 1. The summed E-state index contributed by atoms with van der Waals surface area (Å²) >= 11 is 2.77. The molecule has 1 aromatic heterocycles. The largest absolute Gasteiger partial charge is 0.457 e. The Labute approximate surface area is 194 Å². The van der Waals surface area contributed by atoms with Crippen molar-refractivity contribution >= 4 is 33.2 Å². The van der Waals surface area contributed by atoms with Gasteiger partial charge in [-0.25, -0.2) is 0 Å². The Kier molecular flexibility index (Phi) is 6.50. The molecule has 0 atom stereocenters. The van der Waals surface area contributed by atoms with Crippen molar-refractivity contribution in [3.63, 3.8) is 0 Å². The maximum Gasteiger partial charge on any atom is 0.434 e. The summed E-state index contributed by atoms with van der Waals surface area (Å²) in [6.07, 6.45) is -4.74. The summed E-state index contributed by atoms with van der Waals surface area (Å²) in [5.41, 5.74) is 0.634. The number of ether oxygens (including phenoxy) is 1. The van der Waals surface area contributed by atoms with Gasteiger partial charge in [0.2, 0.25) is 0 Å². The average molecular weight is 527 g/mol. The number of rotatable bonds is 5. The summed E-state index contributed by atoms with van der Waals surface area (Å²) < 4.78 is 45.4. The number of carbonyl (C=O) groups is 1. The van der Waals surface area contributed by atoms with E-state index < -0.39 is 32.9 Å². The number of nitro benzene ring substituents is 1. The van der Waals surface area contributed by atoms with Crippen LogP contribution in [-0.4, -0.2) is 20.6 Å². The van der Waals surface area contributed by atoms with E-state index in [4.69, 9.17) is 4.74 Å². The minimum atomic E-state index is -4.74. The minimum Gasteiger partial charge on any atom is -0.457 e. The predicted octanol–water partition coefficient (Wildman–Crippen LogP) is 6.08. The van der Waals surface area contributed by atoms with Crippen molar-refractivity contribution in [2.75, 3.05) is 5.32 Å². The zero-order valence-electron chi connectivity index (χ0n) is 17.9. The van der Waals surface area contributed by atoms with Gasteiger partial charge < -0.3 is 10.1 Å². The van der Waals surface area contributed by atoms with Crippen molar-refractivity contribution in [3.8, 4) is 11.5 Å². The van der Waals surface area contributed by atoms with Gasteiger partial charge in [0.25, 0.3) is 11.6 Å². The molecule has 8 nitrogen and oxygen atoms in total. The molecular weight excluding hydrogens is 509 g/mol. The molecule has 1 N–H and O–H groups in total. The number of nitro groups is 1. The molecule has 12 heteroatoms. The highest BCUT2D eigenvalue weighted by atomic mass is 79.9. The lowest BCUT2D eigenvalue weighted by Crippen LogP contribution is -2.14. The van der Waals surface area contributed by atoms with Gasteiger partial charge in [0.15, 0.2) is 11.4 Å². The second-order valence-electron chi connectivity index (χ2n) is 7.37. The standard InChI is InChI=1S/C21H18BrF3N4O4/c1-10-5-11(2)12(3)16(6-10)33-15-8-13(7-14(9-15)29(31)32)26-20(30)18-17(22)19(21(23,24)25)28(4)27-18/h5-9H,1-4H3,(H,26,30). The van der Waals surface area contributed by atoms with Gasteiger partial charge in [-0.1, -0.05) is 6.07 Å². The number of hydrogen-bond donors (Lipinski definition) is 1. The molecule has 1 heterocycles. The summed E-state index contributed by atoms with van der Waals surface area (Å²) in [4.78, 5) is 23.3. The van der Waals surface area contributed by atoms with Crippen LogP contribution in [0, 0.1) is 30.9 Å². The van der Waals surface area contributed by atoms with E-state index in [1.54, 1.807) is 6.07 Å². The van der Waals surface area contributed by atoms with E-state index in [0.717, 1.165) is 29.8 Å². The number of anilines is 1. The Morgan fingerprint density at radius 3 is 2.42 bits per heavy atom. The van der Waals surface area contributed by atoms with Crippen LogP contribution in [0.1, 0.15) is 32.9 Å². The first kappa shape index (κ1) is 24.2. The van der Waals surface area contributed by atoms with Crippen LogP contribution in [0.25, 0.3) is 0 Å². The minimum absolute atomic E-state index is 0.0441. The van der Waals surface area contributed by atoms with Gasteiger partial charge >= 0.3 is 6.18 Å². The van der Waals surface area contributed by atoms with Gasteiger partial charge in [0.05, 0.1) is 21.1 Å². The number of nitrogens with zero attached hydrogens (tertiary/aromatic N) is 3. The van der Waals surface area contributed by atoms with E-state index in [1.807, 2.05) is 26.8 Å². The van der Waals surface area contributed by atoms with E-state index in [9.17, 15) is 28.1 Å². The highest BCUT2D eigenvalue weighted by Gasteiger charge is 2.39. The molecule has 0 radical (unpaired) electrons. The molecule has 2 aromatic carbocycles. The van der Waals surface area contributed by atoms with Crippen molar-refractivity contribution in [1.29, 1.82) is 0 Å². The lowest BCUT2D eigenvalue weighted by molar-refractivity contribution is -0.384. The van der Waals surface area contributed by atoms with Crippen LogP contribution in [0.15, 0.2) is 34.8 Å². The zero-order chi connectivity index (χ0) is 24.7. The first-order valence-corrected chi connectivity index (χ1v) is 10.2. The van der Waals surface area contributed by atoms with E-state index in [0.29, 0.717) is 10.4 Å². The molecule has 0 saturated carbocycles. The number of amides is 1. The Morgan fingerprint density at radius 2 is 1.85 bits per heavy atom. The van der Waals surface area contributed by atoms with E-state index in [-0.39, 0.29) is 17.1 Å². The molecule has 0 aliphatic carbocycles. The molecule has 0 aliphatic heterocycles. The number of aryl methyl sites for hydroxylation is 3. The van der Waals surface area contributed by atoms with Crippen LogP contribution >= 0.6 is 15.9 Å². The van der Waals surface area contributed by atoms with E-state index in [1.165, 1.54) is 12.1 Å². The number of carbonyl (C=O) groups excluding carboxylic acids is 1. The number of hydrogen-bond acceptors (Lipinski definition) is 5. The molecule has 3 rings (SSSR count). The van der Waals surface area contributed by atoms with Crippen molar-refractivity contribution in [2.45, 2.75) is 26.9 Å². The highest BCUT2D eigenvalue weighted by molar-refractivity contribution is 9.10. The molecule has 0 spiro atoms. The van der Waals surface area contributed by atoms with Gasteiger partial charge in [-0.05, 0) is 59.5 Å². The zero-order valence-corrected chi connectivity index (χ0v) is 19.5.